The fraction of sp³-hybridized carbons (Fsp3) is 0.429. The first-order valence-electron chi connectivity index (χ1n) is 6.75. The lowest BCUT2D eigenvalue weighted by Gasteiger charge is -2.00. The molecule has 0 aliphatic heterocycles. The lowest BCUT2D eigenvalue weighted by atomic mass is 10.1. The highest BCUT2D eigenvalue weighted by Gasteiger charge is 2.03. The van der Waals surface area contributed by atoms with Crippen molar-refractivity contribution in [1.82, 2.24) is 15.0 Å². The highest BCUT2D eigenvalue weighted by Crippen LogP contribution is 2.17. The third-order valence-electron chi connectivity index (χ3n) is 3.09. The van der Waals surface area contributed by atoms with Crippen LogP contribution in [0.1, 0.15) is 25.7 Å². The Morgan fingerprint density at radius 1 is 1.00 bits per heavy atom. The summed E-state index contributed by atoms with van der Waals surface area (Å²) in [5.41, 5.74) is 13.8. The van der Waals surface area contributed by atoms with E-state index in [1.54, 1.807) is 0 Å². The van der Waals surface area contributed by atoms with E-state index in [-0.39, 0.29) is 0 Å². The van der Waals surface area contributed by atoms with Crippen LogP contribution < -0.4 is 11.5 Å². The van der Waals surface area contributed by atoms with Crippen LogP contribution >= 0.6 is 0 Å². The molecule has 2 aromatic rings. The second-order valence-electron chi connectivity index (χ2n) is 4.69. The first-order chi connectivity index (χ1) is 9.29. The average Bonchev–Trinajstić information content (AvgIpc) is 2.88. The zero-order chi connectivity index (χ0) is 13.5. The largest absolute Gasteiger partial charge is 0.399 e. The highest BCUT2D eigenvalue weighted by atomic mass is 15.4. The van der Waals surface area contributed by atoms with Crippen LogP contribution in [0.4, 0.5) is 5.69 Å². The predicted octanol–water partition coefficient (Wildman–Crippen LogP) is 2.05. The molecule has 5 nitrogen and oxygen atoms in total. The van der Waals surface area contributed by atoms with Gasteiger partial charge in [-0.2, -0.15) is 0 Å². The molecule has 5 heteroatoms. The van der Waals surface area contributed by atoms with E-state index in [0.29, 0.717) is 0 Å². The minimum absolute atomic E-state index is 0.760. The molecule has 0 aliphatic rings. The standard InChI is InChI=1S/C14H21N5/c15-9-3-1-2-4-10-19-11-14(17-18-19)12-5-7-13(16)8-6-12/h5-8,11H,1-4,9-10,15-16H2. The van der Waals surface area contributed by atoms with Crippen molar-refractivity contribution in [1.29, 1.82) is 0 Å². The Morgan fingerprint density at radius 2 is 1.74 bits per heavy atom. The van der Waals surface area contributed by atoms with E-state index in [9.17, 15) is 0 Å². The number of hydrogen-bond acceptors (Lipinski definition) is 4. The number of unbranched alkanes of at least 4 members (excludes halogenated alkanes) is 3. The van der Waals surface area contributed by atoms with E-state index in [0.717, 1.165) is 42.9 Å². The molecule has 0 atom stereocenters. The van der Waals surface area contributed by atoms with Gasteiger partial charge in [0.05, 0.1) is 6.20 Å². The molecule has 0 saturated heterocycles. The van der Waals surface area contributed by atoms with Gasteiger partial charge in [0.1, 0.15) is 5.69 Å². The summed E-state index contributed by atoms with van der Waals surface area (Å²) in [6, 6.07) is 7.68. The summed E-state index contributed by atoms with van der Waals surface area (Å²) in [6.07, 6.45) is 6.58. The lowest BCUT2D eigenvalue weighted by molar-refractivity contribution is 0.524. The van der Waals surface area contributed by atoms with E-state index >= 15 is 0 Å². The molecule has 1 aromatic carbocycles. The van der Waals surface area contributed by atoms with E-state index in [2.05, 4.69) is 10.3 Å². The van der Waals surface area contributed by atoms with Gasteiger partial charge >= 0.3 is 0 Å². The molecule has 102 valence electrons. The monoisotopic (exact) mass is 259 g/mol. The lowest BCUT2D eigenvalue weighted by Crippen LogP contribution is -2.00. The van der Waals surface area contributed by atoms with Crippen LogP contribution in [0.25, 0.3) is 11.3 Å². The smallest absolute Gasteiger partial charge is 0.113 e. The number of anilines is 1. The Morgan fingerprint density at radius 3 is 2.47 bits per heavy atom. The van der Waals surface area contributed by atoms with Crippen LogP contribution in [0, 0.1) is 0 Å². The van der Waals surface area contributed by atoms with Gasteiger partial charge in [-0.25, -0.2) is 0 Å². The molecule has 0 aliphatic carbocycles. The number of hydrogen-bond donors (Lipinski definition) is 2. The summed E-state index contributed by atoms with van der Waals surface area (Å²) >= 11 is 0. The van der Waals surface area contributed by atoms with Crippen molar-refractivity contribution in [3.8, 4) is 11.3 Å². The van der Waals surface area contributed by atoms with Crippen LogP contribution in [0.3, 0.4) is 0 Å². The van der Waals surface area contributed by atoms with E-state index in [1.165, 1.54) is 12.8 Å². The molecule has 0 amide bonds. The number of nitrogens with two attached hydrogens (primary N) is 2. The molecule has 1 heterocycles. The summed E-state index contributed by atoms with van der Waals surface area (Å²) in [4.78, 5) is 0. The summed E-state index contributed by atoms with van der Waals surface area (Å²) in [5, 5.41) is 8.33. The third kappa shape index (κ3) is 4.06. The van der Waals surface area contributed by atoms with Crippen molar-refractivity contribution in [3.05, 3.63) is 30.5 Å². The second kappa shape index (κ2) is 6.89. The molecule has 19 heavy (non-hydrogen) atoms. The van der Waals surface area contributed by atoms with E-state index in [4.69, 9.17) is 11.5 Å². The van der Waals surface area contributed by atoms with Crippen LogP contribution in [-0.2, 0) is 6.54 Å². The molecule has 4 N–H and O–H groups in total. The second-order valence-corrected chi connectivity index (χ2v) is 4.69. The fourth-order valence-corrected chi connectivity index (χ4v) is 1.97. The molecule has 0 unspecified atom stereocenters. The quantitative estimate of drug-likeness (QED) is 0.589. The van der Waals surface area contributed by atoms with Gasteiger partial charge in [-0.15, -0.1) is 5.10 Å². The van der Waals surface area contributed by atoms with Crippen molar-refractivity contribution >= 4 is 5.69 Å². The van der Waals surface area contributed by atoms with Crippen LogP contribution in [0.2, 0.25) is 0 Å². The molecule has 1 aromatic heterocycles. The first kappa shape index (κ1) is 13.5. The van der Waals surface area contributed by atoms with Gasteiger partial charge < -0.3 is 11.5 Å². The zero-order valence-corrected chi connectivity index (χ0v) is 11.1. The first-order valence-corrected chi connectivity index (χ1v) is 6.75. The minimum atomic E-state index is 0.760. The number of rotatable bonds is 7. The Balaban J connectivity index is 1.86. The Kier molecular flexibility index (Phi) is 4.92. The van der Waals surface area contributed by atoms with Crippen LogP contribution in [0.15, 0.2) is 30.5 Å². The maximum atomic E-state index is 5.67. The van der Waals surface area contributed by atoms with E-state index < -0.39 is 0 Å². The maximum Gasteiger partial charge on any atom is 0.113 e. The van der Waals surface area contributed by atoms with Crippen molar-refractivity contribution in [3.63, 3.8) is 0 Å². The molecule has 2 rings (SSSR count). The molecule has 0 saturated carbocycles. The van der Waals surface area contributed by atoms with Crippen molar-refractivity contribution in [2.45, 2.75) is 32.2 Å². The molecule has 0 radical (unpaired) electrons. The van der Waals surface area contributed by atoms with Gasteiger partial charge in [-0.1, -0.05) is 30.2 Å². The molecule has 0 fully saturated rings. The number of aryl methyl sites for hydroxylation is 1. The van der Waals surface area contributed by atoms with Gasteiger partial charge in [0.25, 0.3) is 0 Å². The van der Waals surface area contributed by atoms with Crippen molar-refractivity contribution in [2.24, 2.45) is 5.73 Å². The van der Waals surface area contributed by atoms with Gasteiger partial charge in [0.15, 0.2) is 0 Å². The normalized spacial score (nSPS) is 10.8. The maximum absolute atomic E-state index is 5.67. The fourth-order valence-electron chi connectivity index (χ4n) is 1.97. The Bertz CT molecular complexity index is 489. The van der Waals surface area contributed by atoms with Crippen molar-refractivity contribution in [2.75, 3.05) is 12.3 Å². The molecule has 0 spiro atoms. The summed E-state index contributed by atoms with van der Waals surface area (Å²) in [5.74, 6) is 0. The van der Waals surface area contributed by atoms with Gasteiger partial charge in [0, 0.05) is 17.8 Å². The predicted molar refractivity (Wildman–Crippen MR) is 77.4 cm³/mol. The summed E-state index contributed by atoms with van der Waals surface area (Å²) < 4.78 is 1.90. The summed E-state index contributed by atoms with van der Waals surface area (Å²) in [7, 11) is 0. The molecular formula is C14H21N5. The number of nitrogens with zero attached hydrogens (tertiary/aromatic N) is 3. The van der Waals surface area contributed by atoms with Gasteiger partial charge in [0.2, 0.25) is 0 Å². The number of benzene rings is 1. The van der Waals surface area contributed by atoms with Crippen molar-refractivity contribution < 1.29 is 0 Å². The van der Waals surface area contributed by atoms with E-state index in [1.807, 2.05) is 35.1 Å². The minimum Gasteiger partial charge on any atom is -0.399 e. The SMILES string of the molecule is NCCCCCCn1cc(-c2ccc(N)cc2)nn1. The number of nitrogen functional groups attached to an aromatic ring is 1. The average molecular weight is 259 g/mol. The highest BCUT2D eigenvalue weighted by molar-refractivity contribution is 5.60. The molecular weight excluding hydrogens is 238 g/mol. The Hall–Kier alpha value is -1.88. The number of aromatic nitrogens is 3. The Labute approximate surface area is 113 Å². The molecule has 0 bridgehead atoms. The summed E-state index contributed by atoms with van der Waals surface area (Å²) in [6.45, 7) is 1.69. The van der Waals surface area contributed by atoms with Crippen LogP contribution in [-0.4, -0.2) is 21.5 Å². The van der Waals surface area contributed by atoms with Crippen LogP contribution in [0.5, 0.6) is 0 Å². The van der Waals surface area contributed by atoms with Gasteiger partial charge in [-0.05, 0) is 31.5 Å². The topological polar surface area (TPSA) is 82.8 Å². The van der Waals surface area contributed by atoms with Gasteiger partial charge in [-0.3, -0.25) is 4.68 Å². The third-order valence-corrected chi connectivity index (χ3v) is 3.09. The zero-order valence-electron chi connectivity index (χ0n) is 11.1.